The van der Waals surface area contributed by atoms with Crippen molar-refractivity contribution in [2.24, 2.45) is 0 Å². The molecule has 2 saturated heterocycles. The molecule has 2 aliphatic rings. The van der Waals surface area contributed by atoms with Gasteiger partial charge in [0.2, 0.25) is 5.91 Å². The van der Waals surface area contributed by atoms with Crippen LogP contribution in [0.15, 0.2) is 48.5 Å². The number of morpholine rings is 1. The van der Waals surface area contributed by atoms with Gasteiger partial charge in [0, 0.05) is 44.8 Å². The third kappa shape index (κ3) is 6.33. The first-order valence-corrected chi connectivity index (χ1v) is 11.8. The van der Waals surface area contributed by atoms with Crippen LogP contribution in [0.5, 0.6) is 5.75 Å². The maximum absolute atomic E-state index is 13.5. The molecule has 4 rings (SSSR count). The van der Waals surface area contributed by atoms with E-state index in [1.807, 2.05) is 29.2 Å². The Balaban J connectivity index is 1.27. The largest absolute Gasteiger partial charge is 0.497 e. The molecule has 2 aromatic carbocycles. The number of amides is 2. The van der Waals surface area contributed by atoms with Gasteiger partial charge in [-0.25, -0.2) is 4.39 Å². The van der Waals surface area contributed by atoms with Gasteiger partial charge < -0.3 is 19.3 Å². The zero-order valence-electron chi connectivity index (χ0n) is 19.6. The highest BCUT2D eigenvalue weighted by Gasteiger charge is 2.28. The fourth-order valence-corrected chi connectivity index (χ4v) is 4.54. The Morgan fingerprint density at radius 1 is 1.03 bits per heavy atom. The molecule has 0 N–H and O–H groups in total. The average Bonchev–Trinajstić information content (AvgIpc) is 3.10. The van der Waals surface area contributed by atoms with Gasteiger partial charge >= 0.3 is 0 Å². The van der Waals surface area contributed by atoms with Gasteiger partial charge in [0.25, 0.3) is 5.91 Å². The normalized spacial score (nSPS) is 19.5. The summed E-state index contributed by atoms with van der Waals surface area (Å²) in [5, 5.41) is 0. The maximum Gasteiger partial charge on any atom is 0.254 e. The molecule has 0 aliphatic carbocycles. The highest BCUT2D eigenvalue weighted by molar-refractivity contribution is 5.94. The highest BCUT2D eigenvalue weighted by Crippen LogP contribution is 2.16. The number of benzene rings is 2. The minimum atomic E-state index is -0.411. The first kappa shape index (κ1) is 24.2. The summed E-state index contributed by atoms with van der Waals surface area (Å²) < 4.78 is 24.6. The van der Waals surface area contributed by atoms with Crippen LogP contribution in [-0.4, -0.2) is 92.1 Å². The summed E-state index contributed by atoms with van der Waals surface area (Å²) in [6, 6.07) is 13.4. The first-order valence-electron chi connectivity index (χ1n) is 11.8. The molecule has 182 valence electrons. The lowest BCUT2D eigenvalue weighted by atomic mass is 10.1. The van der Waals surface area contributed by atoms with E-state index in [-0.39, 0.29) is 17.9 Å². The first-order chi connectivity index (χ1) is 16.5. The van der Waals surface area contributed by atoms with E-state index >= 15 is 0 Å². The van der Waals surface area contributed by atoms with Crippen LogP contribution < -0.4 is 4.74 Å². The number of rotatable bonds is 6. The topological polar surface area (TPSA) is 62.3 Å². The second-order valence-corrected chi connectivity index (χ2v) is 8.81. The summed E-state index contributed by atoms with van der Waals surface area (Å²) in [5.41, 5.74) is 1.34. The SMILES string of the molecule is COc1ccc(CC(=O)N2CCCN(CC3CN(C(=O)c4cccc(F)c4)CCO3)CC2)cc1. The Bertz CT molecular complexity index is 984. The molecule has 0 bridgehead atoms. The van der Waals surface area contributed by atoms with Crippen molar-refractivity contribution in [1.82, 2.24) is 14.7 Å². The van der Waals surface area contributed by atoms with Gasteiger partial charge in [-0.3, -0.25) is 14.5 Å². The van der Waals surface area contributed by atoms with Crippen molar-refractivity contribution in [3.8, 4) is 5.75 Å². The van der Waals surface area contributed by atoms with E-state index in [0.29, 0.717) is 44.8 Å². The standard InChI is InChI=1S/C26H32FN3O4/c1-33-23-8-6-20(7-9-23)16-25(31)29-11-3-10-28(12-13-29)18-24-19-30(14-15-34-24)26(32)21-4-2-5-22(27)17-21/h2,4-9,17,24H,3,10-16,18-19H2,1H3. The molecule has 1 atom stereocenters. The van der Waals surface area contributed by atoms with E-state index in [4.69, 9.17) is 9.47 Å². The summed E-state index contributed by atoms with van der Waals surface area (Å²) in [5.74, 6) is 0.334. The van der Waals surface area contributed by atoms with Gasteiger partial charge in [-0.05, 0) is 48.9 Å². The van der Waals surface area contributed by atoms with Gasteiger partial charge in [-0.2, -0.15) is 0 Å². The number of carbonyl (C=O) groups is 2. The number of hydrogen-bond donors (Lipinski definition) is 0. The molecule has 0 aromatic heterocycles. The van der Waals surface area contributed by atoms with Crippen molar-refractivity contribution >= 4 is 11.8 Å². The van der Waals surface area contributed by atoms with Gasteiger partial charge in [-0.15, -0.1) is 0 Å². The molecule has 2 fully saturated rings. The number of ether oxygens (including phenoxy) is 2. The third-order valence-electron chi connectivity index (χ3n) is 6.42. The van der Waals surface area contributed by atoms with Crippen molar-refractivity contribution in [2.45, 2.75) is 18.9 Å². The van der Waals surface area contributed by atoms with Gasteiger partial charge in [0.05, 0.1) is 26.2 Å². The predicted octanol–water partition coefficient (Wildman–Crippen LogP) is 2.45. The Labute approximate surface area is 200 Å². The lowest BCUT2D eigenvalue weighted by Gasteiger charge is -2.35. The van der Waals surface area contributed by atoms with E-state index < -0.39 is 5.82 Å². The molecular formula is C26H32FN3O4. The zero-order valence-corrected chi connectivity index (χ0v) is 19.6. The monoisotopic (exact) mass is 469 g/mol. The molecule has 2 aromatic rings. The summed E-state index contributed by atoms with van der Waals surface area (Å²) in [6.07, 6.45) is 1.17. The Hall–Kier alpha value is -2.97. The van der Waals surface area contributed by atoms with E-state index in [9.17, 15) is 14.0 Å². The Morgan fingerprint density at radius 3 is 2.62 bits per heavy atom. The van der Waals surface area contributed by atoms with E-state index in [1.54, 1.807) is 24.1 Å². The zero-order chi connectivity index (χ0) is 23.9. The predicted molar refractivity (Wildman–Crippen MR) is 126 cm³/mol. The molecule has 1 unspecified atom stereocenters. The summed E-state index contributed by atoms with van der Waals surface area (Å²) in [6.45, 7) is 5.20. The fraction of sp³-hybridized carbons (Fsp3) is 0.462. The van der Waals surface area contributed by atoms with Crippen molar-refractivity contribution in [2.75, 3.05) is 59.5 Å². The van der Waals surface area contributed by atoms with Crippen LogP contribution in [-0.2, 0) is 16.0 Å². The van der Waals surface area contributed by atoms with Crippen molar-refractivity contribution in [1.29, 1.82) is 0 Å². The van der Waals surface area contributed by atoms with Crippen LogP contribution in [0.4, 0.5) is 4.39 Å². The minimum absolute atomic E-state index is 0.104. The fourth-order valence-electron chi connectivity index (χ4n) is 4.54. The molecule has 8 heteroatoms. The molecule has 0 saturated carbocycles. The lowest BCUT2D eigenvalue weighted by molar-refractivity contribution is -0.130. The molecule has 0 spiro atoms. The Morgan fingerprint density at radius 2 is 1.85 bits per heavy atom. The number of nitrogens with zero attached hydrogens (tertiary/aromatic N) is 3. The van der Waals surface area contributed by atoms with Crippen LogP contribution in [0.3, 0.4) is 0 Å². The van der Waals surface area contributed by atoms with Gasteiger partial charge in [0.1, 0.15) is 11.6 Å². The molecule has 2 heterocycles. The molecule has 2 amide bonds. The van der Waals surface area contributed by atoms with E-state index in [2.05, 4.69) is 4.90 Å². The van der Waals surface area contributed by atoms with Crippen LogP contribution in [0.25, 0.3) is 0 Å². The van der Waals surface area contributed by atoms with Gasteiger partial charge in [-0.1, -0.05) is 18.2 Å². The summed E-state index contributed by atoms with van der Waals surface area (Å²) >= 11 is 0. The van der Waals surface area contributed by atoms with Crippen LogP contribution in [0.2, 0.25) is 0 Å². The van der Waals surface area contributed by atoms with Crippen LogP contribution in [0.1, 0.15) is 22.3 Å². The van der Waals surface area contributed by atoms with Crippen LogP contribution in [0, 0.1) is 5.82 Å². The number of carbonyl (C=O) groups excluding carboxylic acids is 2. The van der Waals surface area contributed by atoms with E-state index in [1.165, 1.54) is 12.1 Å². The summed E-state index contributed by atoms with van der Waals surface area (Å²) in [4.78, 5) is 31.6. The average molecular weight is 470 g/mol. The lowest BCUT2D eigenvalue weighted by Crippen LogP contribution is -2.50. The van der Waals surface area contributed by atoms with Crippen molar-refractivity contribution in [3.63, 3.8) is 0 Å². The second-order valence-electron chi connectivity index (χ2n) is 8.81. The maximum atomic E-state index is 13.5. The number of halogens is 1. The molecule has 34 heavy (non-hydrogen) atoms. The molecule has 7 nitrogen and oxygen atoms in total. The van der Waals surface area contributed by atoms with Crippen molar-refractivity contribution < 1.29 is 23.5 Å². The number of methoxy groups -OCH3 is 1. The smallest absolute Gasteiger partial charge is 0.254 e. The van der Waals surface area contributed by atoms with Crippen LogP contribution >= 0.6 is 0 Å². The quantitative estimate of drug-likeness (QED) is 0.651. The minimum Gasteiger partial charge on any atom is -0.497 e. The third-order valence-corrected chi connectivity index (χ3v) is 6.42. The molecule has 2 aliphatic heterocycles. The van der Waals surface area contributed by atoms with E-state index in [0.717, 1.165) is 37.4 Å². The van der Waals surface area contributed by atoms with Crippen molar-refractivity contribution in [3.05, 3.63) is 65.5 Å². The molecular weight excluding hydrogens is 437 g/mol. The summed E-state index contributed by atoms with van der Waals surface area (Å²) in [7, 11) is 1.63. The number of hydrogen-bond acceptors (Lipinski definition) is 5. The Kier molecular flexibility index (Phi) is 8.13. The van der Waals surface area contributed by atoms with Gasteiger partial charge in [0.15, 0.2) is 0 Å². The highest BCUT2D eigenvalue weighted by atomic mass is 19.1. The second kappa shape index (κ2) is 11.4. The molecule has 0 radical (unpaired) electrons.